The molecule has 7 heteroatoms. The van der Waals surface area contributed by atoms with Crippen molar-refractivity contribution in [2.45, 2.75) is 0 Å². The summed E-state index contributed by atoms with van der Waals surface area (Å²) in [5, 5.41) is 0. The number of hydrogen-bond acceptors (Lipinski definition) is 3. The van der Waals surface area contributed by atoms with Gasteiger partial charge in [-0.1, -0.05) is 0 Å². The third-order valence-corrected chi connectivity index (χ3v) is 0. The van der Waals surface area contributed by atoms with Crippen LogP contribution in [0.5, 0.6) is 0 Å². The van der Waals surface area contributed by atoms with Crippen molar-refractivity contribution in [3.63, 3.8) is 0 Å². The van der Waals surface area contributed by atoms with Gasteiger partial charge in [0.1, 0.15) is 0 Å². The molecule has 0 bridgehead atoms. The molecular weight excluding hydrogens is 210 g/mol. The van der Waals surface area contributed by atoms with E-state index in [0.717, 1.165) is 0 Å². The van der Waals surface area contributed by atoms with Crippen LogP contribution in [-0.4, -0.2) is 80.9 Å². The first-order valence-electron chi connectivity index (χ1n) is 0.548. The van der Waals surface area contributed by atoms with Crippen molar-refractivity contribution in [2.75, 3.05) is 0 Å². The summed E-state index contributed by atoms with van der Waals surface area (Å²) in [7, 11) is 0. The van der Waals surface area contributed by atoms with Crippen LogP contribution in [0.4, 0.5) is 0 Å². The predicted octanol–water partition coefficient (Wildman–Crippen LogP) is -5.72. The standard InChI is InChI=1S/K.Li.Na.Nb.3O.2H/q;+1;;;;;-1;;. The average Bonchev–Trinajstić information content (AvgIpc) is 0.811. The normalized spacial score (nSPS) is 3.57. The van der Waals surface area contributed by atoms with Crippen LogP contribution < -0.4 is 22.5 Å². The van der Waals surface area contributed by atoms with E-state index in [1.807, 2.05) is 0 Å². The third-order valence-electron chi connectivity index (χ3n) is 0. The zero-order chi connectivity index (χ0) is 3.58. The zero-order valence-electron chi connectivity index (χ0n) is 2.67. The van der Waals surface area contributed by atoms with Crippen LogP contribution in [0.25, 0.3) is 0 Å². The fourth-order valence-electron chi connectivity index (χ4n) is 0. The van der Waals surface area contributed by atoms with Crippen LogP contribution >= 0.6 is 0 Å². The molecular formula is H2KLiNaNbO3. The van der Waals surface area contributed by atoms with Gasteiger partial charge in [-0.25, -0.2) is 0 Å². The van der Waals surface area contributed by atoms with Crippen LogP contribution in [0, 0.1) is 0 Å². The molecule has 3 nitrogen and oxygen atoms in total. The first-order valence-corrected chi connectivity index (χ1v) is 3.24. The summed E-state index contributed by atoms with van der Waals surface area (Å²) in [6, 6.07) is 0. The summed E-state index contributed by atoms with van der Waals surface area (Å²) in [6.45, 7) is 0. The molecule has 0 aromatic carbocycles. The summed E-state index contributed by atoms with van der Waals surface area (Å²) in [4.78, 5) is 0. The Morgan fingerprint density at radius 3 is 1.29 bits per heavy atom. The first-order chi connectivity index (χ1) is 1.73. The van der Waals surface area contributed by atoms with Crippen molar-refractivity contribution in [3.05, 3.63) is 0 Å². The SMILES string of the molecule is [KH].[Li+].[NaH].[O]=[Nb](=[O])[O-]. The molecule has 0 spiro atoms. The second kappa shape index (κ2) is 16.3. The summed E-state index contributed by atoms with van der Waals surface area (Å²) >= 11 is -4.20. The van der Waals surface area contributed by atoms with Gasteiger partial charge < -0.3 is 0 Å². The topological polar surface area (TPSA) is 57.2 Å². The molecule has 0 saturated heterocycles. The second-order valence-electron chi connectivity index (χ2n) is 0.224. The molecule has 0 aromatic heterocycles. The summed E-state index contributed by atoms with van der Waals surface area (Å²) in [6.07, 6.45) is 0. The minimum absolute atomic E-state index is 0. The van der Waals surface area contributed by atoms with Crippen LogP contribution in [0.1, 0.15) is 0 Å². The van der Waals surface area contributed by atoms with Gasteiger partial charge in [0.15, 0.2) is 0 Å². The van der Waals surface area contributed by atoms with Crippen molar-refractivity contribution in [2.24, 2.45) is 0 Å². The molecule has 0 aliphatic rings. The van der Waals surface area contributed by atoms with Crippen molar-refractivity contribution >= 4 is 80.9 Å². The molecule has 0 radical (unpaired) electrons. The van der Waals surface area contributed by atoms with Crippen molar-refractivity contribution in [3.8, 4) is 0 Å². The van der Waals surface area contributed by atoms with Gasteiger partial charge in [-0.15, -0.1) is 0 Å². The van der Waals surface area contributed by atoms with Crippen LogP contribution in [0.2, 0.25) is 0 Å². The van der Waals surface area contributed by atoms with E-state index in [2.05, 4.69) is 0 Å². The van der Waals surface area contributed by atoms with Crippen molar-refractivity contribution in [1.29, 1.82) is 0 Å². The molecule has 28 valence electrons. The Kier molecular flexibility index (Phi) is 52.1. The molecule has 0 N–H and O–H groups in total. The summed E-state index contributed by atoms with van der Waals surface area (Å²) < 4.78 is 25.8. The van der Waals surface area contributed by atoms with E-state index in [4.69, 9.17) is 10.1 Å². The van der Waals surface area contributed by atoms with Gasteiger partial charge in [0.2, 0.25) is 0 Å². The maximum atomic E-state index is 8.60. The molecule has 0 rings (SSSR count). The quantitative estimate of drug-likeness (QED) is 0.376. The Bertz CT molecular complexity index is 63.3. The van der Waals surface area contributed by atoms with Crippen molar-refractivity contribution in [1.82, 2.24) is 0 Å². The van der Waals surface area contributed by atoms with Gasteiger partial charge >= 0.3 is 129 Å². The van der Waals surface area contributed by atoms with E-state index < -0.39 is 18.8 Å². The van der Waals surface area contributed by atoms with E-state index in [0.29, 0.717) is 0 Å². The molecule has 0 fully saturated rings. The average molecular weight is 212 g/mol. The summed E-state index contributed by atoms with van der Waals surface area (Å²) in [5.41, 5.74) is 0. The minimum atomic E-state index is -4.20. The van der Waals surface area contributed by atoms with Crippen LogP contribution in [0.15, 0.2) is 0 Å². The Morgan fingerprint density at radius 2 is 1.29 bits per heavy atom. The van der Waals surface area contributed by atoms with Gasteiger partial charge in [0, 0.05) is 0 Å². The maximum absolute atomic E-state index is 8.60. The Morgan fingerprint density at radius 1 is 1.29 bits per heavy atom. The number of hydrogen-bond donors (Lipinski definition) is 0. The Hall–Kier alpha value is 3.53. The van der Waals surface area contributed by atoms with Gasteiger partial charge in [-0.3, -0.25) is 0 Å². The predicted molar refractivity (Wildman–Crippen MR) is 15.7 cm³/mol. The van der Waals surface area contributed by atoms with Gasteiger partial charge in [-0.2, -0.15) is 0 Å². The number of rotatable bonds is 0. The van der Waals surface area contributed by atoms with Crippen LogP contribution in [-0.2, 0) is 25.3 Å². The van der Waals surface area contributed by atoms with E-state index in [9.17, 15) is 0 Å². The van der Waals surface area contributed by atoms with Gasteiger partial charge in [-0.05, 0) is 0 Å². The molecule has 0 saturated carbocycles. The zero-order valence-corrected chi connectivity index (χ0v) is 4.87. The molecule has 0 aromatic rings. The fraction of sp³-hybridized carbons (Fsp3) is 0. The third kappa shape index (κ3) is 43.3. The summed E-state index contributed by atoms with van der Waals surface area (Å²) in [5.74, 6) is 0. The molecule has 0 unspecified atom stereocenters. The van der Waals surface area contributed by atoms with E-state index in [1.165, 1.54) is 0 Å². The molecule has 7 heavy (non-hydrogen) atoms. The van der Waals surface area contributed by atoms with Crippen molar-refractivity contribution < 1.29 is 47.8 Å². The molecule has 0 atom stereocenters. The Balaban J connectivity index is -0.0000000150. The van der Waals surface area contributed by atoms with E-state index >= 15 is 0 Å². The monoisotopic (exact) mass is 212 g/mol. The van der Waals surface area contributed by atoms with Gasteiger partial charge in [0.25, 0.3) is 0 Å². The first kappa shape index (κ1) is 22.4. The molecule has 0 heterocycles. The van der Waals surface area contributed by atoms with E-state index in [1.54, 1.807) is 0 Å². The molecule has 0 amide bonds. The molecule has 0 aliphatic carbocycles. The Labute approximate surface area is 125 Å². The second-order valence-corrected chi connectivity index (χ2v) is 1.32. The van der Waals surface area contributed by atoms with Gasteiger partial charge in [0.05, 0.1) is 0 Å². The van der Waals surface area contributed by atoms with E-state index in [-0.39, 0.29) is 99.8 Å². The molecule has 0 aliphatic heterocycles. The van der Waals surface area contributed by atoms with Crippen LogP contribution in [0.3, 0.4) is 0 Å². The fourth-order valence-corrected chi connectivity index (χ4v) is 0.